The lowest BCUT2D eigenvalue weighted by molar-refractivity contribution is -0.127. The van der Waals surface area contributed by atoms with E-state index in [1.807, 2.05) is 0 Å². The minimum atomic E-state index is 0.164. The number of piperidine rings is 1. The zero-order chi connectivity index (χ0) is 14.5. The van der Waals surface area contributed by atoms with E-state index in [0.717, 1.165) is 31.2 Å². The van der Waals surface area contributed by atoms with Crippen molar-refractivity contribution in [2.45, 2.75) is 52.0 Å². The average Bonchev–Trinajstić information content (AvgIpc) is 2.45. The Hall–Kier alpha value is -0.610. The molecule has 1 aliphatic heterocycles. The molecule has 2 aliphatic rings. The van der Waals surface area contributed by atoms with Crippen LogP contribution in [0.25, 0.3) is 0 Å². The molecule has 0 aromatic carbocycles. The van der Waals surface area contributed by atoms with Crippen molar-refractivity contribution in [3.8, 4) is 0 Å². The van der Waals surface area contributed by atoms with Gasteiger partial charge in [-0.2, -0.15) is 0 Å². The Morgan fingerprint density at radius 2 is 1.90 bits per heavy atom. The second-order valence-corrected chi connectivity index (χ2v) is 6.79. The number of hydrogen-bond acceptors (Lipinski definition) is 3. The van der Waals surface area contributed by atoms with Crippen molar-refractivity contribution in [3.05, 3.63) is 0 Å². The highest BCUT2D eigenvalue weighted by Gasteiger charge is 2.36. The number of nitrogens with one attached hydrogen (secondary N) is 1. The standard InChI is InChI=1S/C16H31N3O/c1-12-5-3-6-13(2)15(12)19-10-4-7-14(11-19)16(20)18-9-8-17/h12-15H,3-11,17H2,1-2H3,(H,18,20). The predicted octanol–water partition coefficient (Wildman–Crippen LogP) is 1.60. The largest absolute Gasteiger partial charge is 0.355 e. The van der Waals surface area contributed by atoms with Crippen molar-refractivity contribution >= 4 is 5.91 Å². The van der Waals surface area contributed by atoms with Gasteiger partial charge in [-0.3, -0.25) is 9.69 Å². The van der Waals surface area contributed by atoms with E-state index >= 15 is 0 Å². The third-order valence-electron chi connectivity index (χ3n) is 5.17. The Morgan fingerprint density at radius 3 is 2.55 bits per heavy atom. The summed E-state index contributed by atoms with van der Waals surface area (Å²) in [5.74, 6) is 1.90. The Morgan fingerprint density at radius 1 is 1.20 bits per heavy atom. The van der Waals surface area contributed by atoms with Gasteiger partial charge in [-0.25, -0.2) is 0 Å². The molecule has 1 saturated heterocycles. The summed E-state index contributed by atoms with van der Waals surface area (Å²) < 4.78 is 0. The molecule has 3 N–H and O–H groups in total. The zero-order valence-electron chi connectivity index (χ0n) is 13.1. The molecule has 1 saturated carbocycles. The monoisotopic (exact) mass is 281 g/mol. The fourth-order valence-corrected chi connectivity index (χ4v) is 4.21. The third-order valence-corrected chi connectivity index (χ3v) is 5.17. The molecule has 3 unspecified atom stereocenters. The minimum absolute atomic E-state index is 0.164. The lowest BCUT2D eigenvalue weighted by Gasteiger charge is -2.45. The van der Waals surface area contributed by atoms with Gasteiger partial charge in [-0.15, -0.1) is 0 Å². The highest BCUT2D eigenvalue weighted by Crippen LogP contribution is 2.34. The molecule has 0 bridgehead atoms. The lowest BCUT2D eigenvalue weighted by Crippen LogP contribution is -2.52. The van der Waals surface area contributed by atoms with Crippen LogP contribution in [-0.2, 0) is 4.79 Å². The summed E-state index contributed by atoms with van der Waals surface area (Å²) in [6, 6.07) is 0.675. The van der Waals surface area contributed by atoms with Crippen molar-refractivity contribution in [1.82, 2.24) is 10.2 Å². The summed E-state index contributed by atoms with van der Waals surface area (Å²) >= 11 is 0. The summed E-state index contributed by atoms with van der Waals surface area (Å²) in [6.07, 6.45) is 6.23. The maximum atomic E-state index is 12.2. The van der Waals surface area contributed by atoms with Gasteiger partial charge in [0, 0.05) is 25.7 Å². The number of carbonyl (C=O) groups is 1. The number of rotatable bonds is 4. The van der Waals surface area contributed by atoms with Crippen molar-refractivity contribution in [2.75, 3.05) is 26.2 Å². The summed E-state index contributed by atoms with van der Waals surface area (Å²) in [5.41, 5.74) is 5.46. The molecule has 2 fully saturated rings. The molecule has 0 aromatic rings. The molecule has 4 heteroatoms. The van der Waals surface area contributed by atoms with Crippen LogP contribution in [0.2, 0.25) is 0 Å². The highest BCUT2D eigenvalue weighted by molar-refractivity contribution is 5.78. The van der Waals surface area contributed by atoms with E-state index in [1.54, 1.807) is 0 Å². The third kappa shape index (κ3) is 3.73. The van der Waals surface area contributed by atoms with Gasteiger partial charge in [0.1, 0.15) is 0 Å². The first-order valence-electron chi connectivity index (χ1n) is 8.35. The van der Waals surface area contributed by atoms with Gasteiger partial charge < -0.3 is 11.1 Å². The molecule has 1 aliphatic carbocycles. The number of hydrogen-bond donors (Lipinski definition) is 2. The normalized spacial score (nSPS) is 35.8. The number of nitrogens with two attached hydrogens (primary N) is 1. The first-order chi connectivity index (χ1) is 9.63. The molecule has 4 nitrogen and oxygen atoms in total. The molecule has 3 atom stereocenters. The first-order valence-corrected chi connectivity index (χ1v) is 8.35. The van der Waals surface area contributed by atoms with Crippen molar-refractivity contribution in [3.63, 3.8) is 0 Å². The summed E-state index contributed by atoms with van der Waals surface area (Å²) in [7, 11) is 0. The Bertz CT molecular complexity index is 311. The van der Waals surface area contributed by atoms with Gasteiger partial charge in [0.2, 0.25) is 5.91 Å². The van der Waals surface area contributed by atoms with Crippen LogP contribution < -0.4 is 11.1 Å². The van der Waals surface area contributed by atoms with Gasteiger partial charge in [0.05, 0.1) is 5.92 Å². The molecule has 1 heterocycles. The number of nitrogens with zero attached hydrogens (tertiary/aromatic N) is 1. The van der Waals surface area contributed by atoms with Crippen LogP contribution in [0.3, 0.4) is 0 Å². The van der Waals surface area contributed by atoms with Crippen LogP contribution in [0.1, 0.15) is 46.0 Å². The van der Waals surface area contributed by atoms with Gasteiger partial charge in [-0.1, -0.05) is 20.3 Å². The molecular formula is C16H31N3O. The fourth-order valence-electron chi connectivity index (χ4n) is 4.21. The molecule has 1 amide bonds. The van der Waals surface area contributed by atoms with Crippen LogP contribution >= 0.6 is 0 Å². The summed E-state index contributed by atoms with van der Waals surface area (Å²) in [6.45, 7) is 8.01. The zero-order valence-corrected chi connectivity index (χ0v) is 13.1. The molecule has 0 spiro atoms. The Kier molecular flexibility index (Phi) is 5.85. The van der Waals surface area contributed by atoms with E-state index < -0.39 is 0 Å². The van der Waals surface area contributed by atoms with Gasteiger partial charge in [0.25, 0.3) is 0 Å². The van der Waals surface area contributed by atoms with E-state index in [9.17, 15) is 4.79 Å². The number of carbonyl (C=O) groups excluding carboxylic acids is 1. The van der Waals surface area contributed by atoms with E-state index in [-0.39, 0.29) is 11.8 Å². The minimum Gasteiger partial charge on any atom is -0.355 e. The van der Waals surface area contributed by atoms with Crippen LogP contribution in [0.5, 0.6) is 0 Å². The average molecular weight is 281 g/mol. The van der Waals surface area contributed by atoms with Gasteiger partial charge in [0.15, 0.2) is 0 Å². The molecule has 0 radical (unpaired) electrons. The smallest absolute Gasteiger partial charge is 0.224 e. The van der Waals surface area contributed by atoms with Crippen molar-refractivity contribution < 1.29 is 4.79 Å². The molecule has 0 aromatic heterocycles. The Labute approximate surface area is 123 Å². The van der Waals surface area contributed by atoms with E-state index in [4.69, 9.17) is 5.73 Å². The summed E-state index contributed by atoms with van der Waals surface area (Å²) in [4.78, 5) is 14.8. The summed E-state index contributed by atoms with van der Waals surface area (Å²) in [5, 5.41) is 2.96. The SMILES string of the molecule is CC1CCCC(C)C1N1CCCC(C(=O)NCCN)C1. The van der Waals surface area contributed by atoms with Crippen LogP contribution in [0.15, 0.2) is 0 Å². The molecular weight excluding hydrogens is 250 g/mol. The van der Waals surface area contributed by atoms with Gasteiger partial charge in [-0.05, 0) is 44.1 Å². The second kappa shape index (κ2) is 7.41. The van der Waals surface area contributed by atoms with Crippen LogP contribution in [0, 0.1) is 17.8 Å². The predicted molar refractivity (Wildman–Crippen MR) is 82.3 cm³/mol. The molecule has 2 rings (SSSR count). The van der Waals surface area contributed by atoms with Crippen molar-refractivity contribution in [1.29, 1.82) is 0 Å². The quantitative estimate of drug-likeness (QED) is 0.823. The first kappa shape index (κ1) is 15.8. The fraction of sp³-hybridized carbons (Fsp3) is 0.938. The van der Waals surface area contributed by atoms with E-state index in [1.165, 1.54) is 25.8 Å². The maximum absolute atomic E-state index is 12.2. The second-order valence-electron chi connectivity index (χ2n) is 6.79. The van der Waals surface area contributed by atoms with Crippen LogP contribution in [0.4, 0.5) is 0 Å². The number of amides is 1. The Balaban J connectivity index is 1.93. The molecule has 116 valence electrons. The number of likely N-dealkylation sites (tertiary alicyclic amines) is 1. The lowest BCUT2D eigenvalue weighted by atomic mass is 9.77. The van der Waals surface area contributed by atoms with E-state index in [2.05, 4.69) is 24.1 Å². The highest BCUT2D eigenvalue weighted by atomic mass is 16.1. The maximum Gasteiger partial charge on any atom is 0.224 e. The van der Waals surface area contributed by atoms with Crippen molar-refractivity contribution in [2.24, 2.45) is 23.5 Å². The van der Waals surface area contributed by atoms with Gasteiger partial charge >= 0.3 is 0 Å². The van der Waals surface area contributed by atoms with E-state index in [0.29, 0.717) is 19.1 Å². The van der Waals surface area contributed by atoms with Crippen LogP contribution in [-0.4, -0.2) is 43.0 Å². The topological polar surface area (TPSA) is 58.4 Å². The molecule has 20 heavy (non-hydrogen) atoms.